The lowest BCUT2D eigenvalue weighted by molar-refractivity contribution is 0.0587. The minimum absolute atomic E-state index is 0.243. The van der Waals surface area contributed by atoms with Crippen molar-refractivity contribution in [1.82, 2.24) is 4.90 Å². The van der Waals surface area contributed by atoms with Crippen LogP contribution < -0.4 is 0 Å². The van der Waals surface area contributed by atoms with E-state index in [1.165, 1.54) is 12.1 Å². The molecular weight excluding hydrogens is 255 g/mol. The van der Waals surface area contributed by atoms with E-state index in [-0.39, 0.29) is 11.7 Å². The summed E-state index contributed by atoms with van der Waals surface area (Å²) < 4.78 is 12.9. The summed E-state index contributed by atoms with van der Waals surface area (Å²) in [6, 6.07) is 8.29. The minimum atomic E-state index is -0.503. The molecule has 0 aromatic heterocycles. The molecule has 0 radical (unpaired) electrons. The zero-order valence-corrected chi connectivity index (χ0v) is 11.6. The molecule has 3 nitrogen and oxygen atoms in total. The molecule has 1 aromatic rings. The van der Waals surface area contributed by atoms with Gasteiger partial charge in [0.25, 0.3) is 0 Å². The lowest BCUT2D eigenvalue weighted by Crippen LogP contribution is -2.36. The van der Waals surface area contributed by atoms with Gasteiger partial charge in [-0.3, -0.25) is 0 Å². The maximum atomic E-state index is 12.9. The fourth-order valence-corrected chi connectivity index (χ4v) is 2.81. The molecule has 0 saturated carbocycles. The number of likely N-dealkylation sites (tertiary alicyclic amines) is 1. The Balaban J connectivity index is 1.81. The van der Waals surface area contributed by atoms with E-state index in [1.54, 1.807) is 12.1 Å². The third kappa shape index (κ3) is 4.03. The molecule has 1 aliphatic rings. The molecule has 1 aromatic carbocycles. The van der Waals surface area contributed by atoms with Crippen molar-refractivity contribution in [2.45, 2.75) is 31.8 Å². The molecule has 2 rings (SSSR count). The molecule has 108 valence electrons. The van der Waals surface area contributed by atoms with Gasteiger partial charge in [0.2, 0.25) is 0 Å². The molecule has 1 saturated heterocycles. The van der Waals surface area contributed by atoms with E-state index >= 15 is 0 Å². The van der Waals surface area contributed by atoms with Crippen LogP contribution in [0.4, 0.5) is 4.39 Å². The van der Waals surface area contributed by atoms with Crippen molar-refractivity contribution in [1.29, 1.82) is 5.26 Å². The van der Waals surface area contributed by atoms with E-state index in [9.17, 15) is 9.50 Å². The summed E-state index contributed by atoms with van der Waals surface area (Å²) in [4.78, 5) is 2.35. The van der Waals surface area contributed by atoms with E-state index in [2.05, 4.69) is 11.0 Å². The van der Waals surface area contributed by atoms with Crippen molar-refractivity contribution in [3.63, 3.8) is 0 Å². The number of nitriles is 1. The van der Waals surface area contributed by atoms with Crippen molar-refractivity contribution in [3.05, 3.63) is 35.6 Å². The largest absolute Gasteiger partial charge is 0.388 e. The summed E-state index contributed by atoms with van der Waals surface area (Å²) in [5, 5.41) is 18.9. The maximum absolute atomic E-state index is 12.9. The molecule has 1 aliphatic heterocycles. The monoisotopic (exact) mass is 276 g/mol. The van der Waals surface area contributed by atoms with E-state index in [0.717, 1.165) is 44.5 Å². The Morgan fingerprint density at radius 3 is 2.55 bits per heavy atom. The van der Waals surface area contributed by atoms with Gasteiger partial charge in [0.1, 0.15) is 5.82 Å². The summed E-state index contributed by atoms with van der Waals surface area (Å²) in [7, 11) is 0. The Labute approximate surface area is 119 Å². The first-order valence-electron chi connectivity index (χ1n) is 7.23. The Hall–Kier alpha value is -1.44. The third-order valence-corrected chi connectivity index (χ3v) is 4.05. The van der Waals surface area contributed by atoms with Crippen molar-refractivity contribution >= 4 is 0 Å². The highest BCUT2D eigenvalue weighted by molar-refractivity contribution is 5.19. The quantitative estimate of drug-likeness (QED) is 0.841. The molecule has 0 aliphatic carbocycles. The van der Waals surface area contributed by atoms with Gasteiger partial charge in [-0.15, -0.1) is 0 Å². The van der Waals surface area contributed by atoms with Gasteiger partial charge in [0.05, 0.1) is 12.2 Å². The van der Waals surface area contributed by atoms with E-state index in [1.807, 2.05) is 0 Å². The number of aliphatic hydroxyl groups is 1. The zero-order chi connectivity index (χ0) is 14.4. The molecule has 1 fully saturated rings. The molecule has 20 heavy (non-hydrogen) atoms. The van der Waals surface area contributed by atoms with Crippen molar-refractivity contribution in [3.8, 4) is 6.07 Å². The molecule has 1 heterocycles. The van der Waals surface area contributed by atoms with Gasteiger partial charge < -0.3 is 10.0 Å². The van der Waals surface area contributed by atoms with Crippen molar-refractivity contribution < 1.29 is 9.50 Å². The average molecular weight is 276 g/mol. The van der Waals surface area contributed by atoms with Crippen LogP contribution in [0, 0.1) is 23.1 Å². The topological polar surface area (TPSA) is 47.3 Å². The SMILES string of the molecule is N#CCCCN1CCC(C(O)c2ccc(F)cc2)CC1. The molecule has 1 atom stereocenters. The van der Waals surface area contributed by atoms with Crippen LogP contribution in [0.5, 0.6) is 0 Å². The van der Waals surface area contributed by atoms with Gasteiger partial charge in [-0.1, -0.05) is 12.1 Å². The predicted molar refractivity (Wildman–Crippen MR) is 75.4 cm³/mol. The first kappa shape index (κ1) is 15.0. The van der Waals surface area contributed by atoms with Crippen LogP contribution in [0.15, 0.2) is 24.3 Å². The lowest BCUT2D eigenvalue weighted by atomic mass is 9.87. The van der Waals surface area contributed by atoms with Gasteiger partial charge in [0, 0.05) is 6.42 Å². The number of piperidine rings is 1. The van der Waals surface area contributed by atoms with Crippen LogP contribution in [-0.4, -0.2) is 29.6 Å². The lowest BCUT2D eigenvalue weighted by Gasteiger charge is -2.34. The summed E-state index contributed by atoms with van der Waals surface area (Å²) in [6.45, 7) is 2.90. The number of unbranched alkanes of at least 4 members (excludes halogenated alkanes) is 1. The molecule has 0 amide bonds. The van der Waals surface area contributed by atoms with E-state index < -0.39 is 6.10 Å². The fraction of sp³-hybridized carbons (Fsp3) is 0.562. The number of halogens is 1. The van der Waals surface area contributed by atoms with Crippen LogP contribution in [0.2, 0.25) is 0 Å². The summed E-state index contributed by atoms with van der Waals surface area (Å²) in [5.74, 6) is -0.0269. The Morgan fingerprint density at radius 2 is 1.95 bits per heavy atom. The molecular formula is C16H21FN2O. The van der Waals surface area contributed by atoms with E-state index in [0.29, 0.717) is 6.42 Å². The van der Waals surface area contributed by atoms with Crippen LogP contribution >= 0.6 is 0 Å². The molecule has 0 bridgehead atoms. The highest BCUT2D eigenvalue weighted by Crippen LogP contribution is 2.30. The number of hydrogen-bond donors (Lipinski definition) is 1. The van der Waals surface area contributed by atoms with Crippen LogP contribution in [-0.2, 0) is 0 Å². The zero-order valence-electron chi connectivity index (χ0n) is 11.6. The second-order valence-corrected chi connectivity index (χ2v) is 5.44. The number of nitrogens with zero attached hydrogens (tertiary/aromatic N) is 2. The Bertz CT molecular complexity index is 447. The van der Waals surface area contributed by atoms with Gasteiger partial charge in [-0.05, 0) is 62.5 Å². The molecule has 1 N–H and O–H groups in total. The maximum Gasteiger partial charge on any atom is 0.123 e. The smallest absolute Gasteiger partial charge is 0.123 e. The molecule has 4 heteroatoms. The van der Waals surface area contributed by atoms with Crippen LogP contribution in [0.25, 0.3) is 0 Å². The van der Waals surface area contributed by atoms with Crippen molar-refractivity contribution in [2.75, 3.05) is 19.6 Å². The van der Waals surface area contributed by atoms with Crippen LogP contribution in [0.3, 0.4) is 0 Å². The Kier molecular flexibility index (Phi) is 5.51. The third-order valence-electron chi connectivity index (χ3n) is 4.05. The van der Waals surface area contributed by atoms with E-state index in [4.69, 9.17) is 5.26 Å². The summed E-state index contributed by atoms with van der Waals surface area (Å²) in [5.41, 5.74) is 0.800. The molecule has 1 unspecified atom stereocenters. The predicted octanol–water partition coefficient (Wildman–Crippen LogP) is 2.87. The molecule has 0 spiro atoms. The van der Waals surface area contributed by atoms with Gasteiger partial charge in [-0.25, -0.2) is 4.39 Å². The summed E-state index contributed by atoms with van der Waals surface area (Å²) >= 11 is 0. The summed E-state index contributed by atoms with van der Waals surface area (Å²) in [6.07, 6.45) is 2.92. The van der Waals surface area contributed by atoms with Crippen molar-refractivity contribution in [2.24, 2.45) is 5.92 Å². The minimum Gasteiger partial charge on any atom is -0.388 e. The standard InChI is InChI=1S/C16H21FN2O/c17-15-5-3-13(4-6-15)16(20)14-7-11-19(12-8-14)10-2-1-9-18/h3-6,14,16,20H,1-2,7-8,10-12H2. The van der Waals surface area contributed by atoms with Gasteiger partial charge in [0.15, 0.2) is 0 Å². The van der Waals surface area contributed by atoms with Crippen LogP contribution in [0.1, 0.15) is 37.4 Å². The number of rotatable bonds is 5. The van der Waals surface area contributed by atoms with Gasteiger partial charge >= 0.3 is 0 Å². The number of aliphatic hydroxyl groups excluding tert-OH is 1. The first-order chi connectivity index (χ1) is 9.70. The number of benzene rings is 1. The highest BCUT2D eigenvalue weighted by Gasteiger charge is 2.25. The number of hydrogen-bond acceptors (Lipinski definition) is 3. The second-order valence-electron chi connectivity index (χ2n) is 5.44. The fourth-order valence-electron chi connectivity index (χ4n) is 2.81. The highest BCUT2D eigenvalue weighted by atomic mass is 19.1. The second kappa shape index (κ2) is 7.37. The van der Waals surface area contributed by atoms with Gasteiger partial charge in [-0.2, -0.15) is 5.26 Å². The Morgan fingerprint density at radius 1 is 1.30 bits per heavy atom. The first-order valence-corrected chi connectivity index (χ1v) is 7.23. The average Bonchev–Trinajstić information content (AvgIpc) is 2.48. The normalized spacial score (nSPS) is 18.6.